The molecule has 1 aromatic carbocycles. The Kier molecular flexibility index (Phi) is 4.25. The number of anilines is 2. The summed E-state index contributed by atoms with van der Waals surface area (Å²) < 4.78 is 10.5. The highest BCUT2D eigenvalue weighted by molar-refractivity contribution is 5.77. The SMILES string of the molecule is COc1ccc(-c2nc(N)nc(N)c2C#N)c(OCC#N)c1. The second kappa shape index (κ2) is 6.29. The lowest BCUT2D eigenvalue weighted by molar-refractivity contribution is 0.362. The van der Waals surface area contributed by atoms with Gasteiger partial charge in [-0.15, -0.1) is 0 Å². The van der Waals surface area contributed by atoms with E-state index in [-0.39, 0.29) is 29.6 Å². The van der Waals surface area contributed by atoms with Crippen molar-refractivity contribution < 1.29 is 9.47 Å². The van der Waals surface area contributed by atoms with Crippen molar-refractivity contribution in [3.63, 3.8) is 0 Å². The van der Waals surface area contributed by atoms with E-state index in [1.54, 1.807) is 18.2 Å². The van der Waals surface area contributed by atoms with E-state index >= 15 is 0 Å². The number of ether oxygens (including phenoxy) is 2. The van der Waals surface area contributed by atoms with Crippen molar-refractivity contribution in [2.45, 2.75) is 0 Å². The smallest absolute Gasteiger partial charge is 0.222 e. The predicted octanol–water partition coefficient (Wildman–Crippen LogP) is 1.09. The van der Waals surface area contributed by atoms with Gasteiger partial charge in [-0.1, -0.05) is 0 Å². The monoisotopic (exact) mass is 296 g/mol. The fourth-order valence-corrected chi connectivity index (χ4v) is 1.86. The number of methoxy groups -OCH3 is 1. The van der Waals surface area contributed by atoms with Gasteiger partial charge < -0.3 is 20.9 Å². The van der Waals surface area contributed by atoms with Crippen molar-refractivity contribution in [2.75, 3.05) is 25.2 Å². The molecule has 2 aromatic rings. The van der Waals surface area contributed by atoms with Crippen LogP contribution in [0.25, 0.3) is 11.3 Å². The maximum atomic E-state index is 9.25. The molecule has 0 spiro atoms. The first-order chi connectivity index (χ1) is 10.6. The largest absolute Gasteiger partial charge is 0.497 e. The van der Waals surface area contributed by atoms with E-state index in [9.17, 15) is 5.26 Å². The maximum Gasteiger partial charge on any atom is 0.222 e. The molecule has 0 amide bonds. The minimum Gasteiger partial charge on any atom is -0.497 e. The highest BCUT2D eigenvalue weighted by Crippen LogP contribution is 2.35. The number of hydrogen-bond acceptors (Lipinski definition) is 8. The number of nitriles is 2. The van der Waals surface area contributed by atoms with Gasteiger partial charge in [-0.05, 0) is 12.1 Å². The molecule has 1 heterocycles. The average Bonchev–Trinajstić information content (AvgIpc) is 2.52. The highest BCUT2D eigenvalue weighted by Gasteiger charge is 2.17. The number of aromatic nitrogens is 2. The molecule has 8 nitrogen and oxygen atoms in total. The lowest BCUT2D eigenvalue weighted by Gasteiger charge is -2.12. The third kappa shape index (κ3) is 2.81. The van der Waals surface area contributed by atoms with E-state index in [1.165, 1.54) is 7.11 Å². The quantitative estimate of drug-likeness (QED) is 0.852. The first-order valence-corrected chi connectivity index (χ1v) is 6.12. The molecule has 110 valence electrons. The Hall–Kier alpha value is -3.52. The van der Waals surface area contributed by atoms with Crippen molar-refractivity contribution in [1.82, 2.24) is 9.97 Å². The molecule has 8 heteroatoms. The summed E-state index contributed by atoms with van der Waals surface area (Å²) in [6, 6.07) is 8.72. The van der Waals surface area contributed by atoms with Crippen LogP contribution >= 0.6 is 0 Å². The van der Waals surface area contributed by atoms with Gasteiger partial charge in [0, 0.05) is 11.6 Å². The molecule has 0 bridgehead atoms. The highest BCUT2D eigenvalue weighted by atomic mass is 16.5. The van der Waals surface area contributed by atoms with E-state index in [4.69, 9.17) is 26.2 Å². The van der Waals surface area contributed by atoms with E-state index in [1.807, 2.05) is 12.1 Å². The summed E-state index contributed by atoms with van der Waals surface area (Å²) in [5, 5.41) is 17.9. The molecule has 0 atom stereocenters. The van der Waals surface area contributed by atoms with Crippen molar-refractivity contribution in [3.05, 3.63) is 23.8 Å². The number of rotatable bonds is 4. The minimum atomic E-state index is -0.169. The summed E-state index contributed by atoms with van der Waals surface area (Å²) in [6.07, 6.45) is 0. The number of nitrogen functional groups attached to an aromatic ring is 2. The first kappa shape index (κ1) is 14.9. The van der Waals surface area contributed by atoms with Gasteiger partial charge in [0.2, 0.25) is 5.95 Å². The predicted molar refractivity (Wildman–Crippen MR) is 78.7 cm³/mol. The van der Waals surface area contributed by atoms with Gasteiger partial charge in [0.15, 0.2) is 6.61 Å². The van der Waals surface area contributed by atoms with Crippen LogP contribution in [0.4, 0.5) is 11.8 Å². The molecule has 0 unspecified atom stereocenters. The molecule has 1 aromatic heterocycles. The topological polar surface area (TPSA) is 144 Å². The van der Waals surface area contributed by atoms with Gasteiger partial charge in [-0.3, -0.25) is 0 Å². The number of nitrogens with zero attached hydrogens (tertiary/aromatic N) is 4. The normalized spacial score (nSPS) is 9.59. The molecule has 0 radical (unpaired) electrons. The summed E-state index contributed by atoms with van der Waals surface area (Å²) >= 11 is 0. The van der Waals surface area contributed by atoms with Crippen molar-refractivity contribution >= 4 is 11.8 Å². The molecule has 4 N–H and O–H groups in total. The van der Waals surface area contributed by atoms with E-state index in [2.05, 4.69) is 9.97 Å². The molecule has 0 aliphatic rings. The Morgan fingerprint density at radius 2 is 2.00 bits per heavy atom. The molecule has 0 saturated carbocycles. The van der Waals surface area contributed by atoms with Gasteiger partial charge >= 0.3 is 0 Å². The summed E-state index contributed by atoms with van der Waals surface area (Å²) in [5.41, 5.74) is 12.1. The fraction of sp³-hybridized carbons (Fsp3) is 0.143. The summed E-state index contributed by atoms with van der Waals surface area (Å²) in [7, 11) is 1.50. The summed E-state index contributed by atoms with van der Waals surface area (Å²) in [6.45, 7) is -0.169. The van der Waals surface area contributed by atoms with Gasteiger partial charge in [-0.2, -0.15) is 15.5 Å². The van der Waals surface area contributed by atoms with Crippen LogP contribution in [-0.4, -0.2) is 23.7 Å². The van der Waals surface area contributed by atoms with Crippen molar-refractivity contribution in [1.29, 1.82) is 10.5 Å². The molecule has 0 fully saturated rings. The van der Waals surface area contributed by atoms with Gasteiger partial charge in [0.1, 0.15) is 35.0 Å². The Labute approximate surface area is 126 Å². The Bertz CT molecular complexity index is 791. The van der Waals surface area contributed by atoms with Crippen LogP contribution < -0.4 is 20.9 Å². The molecular weight excluding hydrogens is 284 g/mol. The first-order valence-electron chi connectivity index (χ1n) is 6.12. The second-order valence-electron chi connectivity index (χ2n) is 4.11. The van der Waals surface area contributed by atoms with Crippen LogP contribution in [0.2, 0.25) is 0 Å². The van der Waals surface area contributed by atoms with Crippen LogP contribution in [-0.2, 0) is 0 Å². The maximum absolute atomic E-state index is 9.25. The van der Waals surface area contributed by atoms with Crippen LogP contribution in [0, 0.1) is 22.7 Å². The Morgan fingerprint density at radius 1 is 1.23 bits per heavy atom. The molecule has 2 rings (SSSR count). The van der Waals surface area contributed by atoms with E-state index in [0.29, 0.717) is 17.1 Å². The number of benzene rings is 1. The zero-order chi connectivity index (χ0) is 16.1. The van der Waals surface area contributed by atoms with Gasteiger partial charge in [0.05, 0.1) is 12.8 Å². The van der Waals surface area contributed by atoms with Crippen LogP contribution in [0.3, 0.4) is 0 Å². The summed E-state index contributed by atoms with van der Waals surface area (Å²) in [4.78, 5) is 7.82. The lowest BCUT2D eigenvalue weighted by atomic mass is 10.1. The second-order valence-corrected chi connectivity index (χ2v) is 4.11. The zero-order valence-electron chi connectivity index (χ0n) is 11.7. The molecular formula is C14H12N6O2. The summed E-state index contributed by atoms with van der Waals surface area (Å²) in [5.74, 6) is 0.778. The third-order valence-electron chi connectivity index (χ3n) is 2.80. The van der Waals surface area contributed by atoms with E-state index in [0.717, 1.165) is 0 Å². The minimum absolute atomic E-state index is 0.0212. The molecule has 0 aliphatic heterocycles. The standard InChI is InChI=1S/C14H12N6O2/c1-21-8-2-3-9(11(6-8)22-5-4-15)12-10(7-16)13(17)20-14(18)19-12/h2-3,6H,5H2,1H3,(H4,17,18,19,20). The van der Waals surface area contributed by atoms with Gasteiger partial charge in [0.25, 0.3) is 0 Å². The zero-order valence-corrected chi connectivity index (χ0v) is 11.7. The average molecular weight is 296 g/mol. The Balaban J connectivity index is 2.67. The molecule has 0 saturated heterocycles. The van der Waals surface area contributed by atoms with Crippen LogP contribution in [0.5, 0.6) is 11.5 Å². The van der Waals surface area contributed by atoms with Gasteiger partial charge in [-0.25, -0.2) is 4.98 Å². The molecule has 0 aliphatic carbocycles. The van der Waals surface area contributed by atoms with E-state index < -0.39 is 0 Å². The number of hydrogen-bond donors (Lipinski definition) is 2. The third-order valence-corrected chi connectivity index (χ3v) is 2.80. The molecule has 22 heavy (non-hydrogen) atoms. The van der Waals surface area contributed by atoms with Crippen LogP contribution in [0.1, 0.15) is 5.56 Å². The van der Waals surface area contributed by atoms with Crippen molar-refractivity contribution in [2.24, 2.45) is 0 Å². The Morgan fingerprint density at radius 3 is 2.64 bits per heavy atom. The van der Waals surface area contributed by atoms with Crippen molar-refractivity contribution in [3.8, 4) is 34.9 Å². The lowest BCUT2D eigenvalue weighted by Crippen LogP contribution is -2.06. The number of nitrogens with two attached hydrogens (primary N) is 2. The van der Waals surface area contributed by atoms with Crippen LogP contribution in [0.15, 0.2) is 18.2 Å². The fourth-order valence-electron chi connectivity index (χ4n) is 1.86.